The number of ether oxygens (including phenoxy) is 1. The predicted octanol–water partition coefficient (Wildman–Crippen LogP) is 0.346. The lowest BCUT2D eigenvalue weighted by Gasteiger charge is -2.16. The molecule has 1 aromatic carbocycles. The van der Waals surface area contributed by atoms with Gasteiger partial charge in [-0.3, -0.25) is 9.79 Å². The number of aliphatic carboxylic acids is 1. The topological polar surface area (TPSA) is 163 Å². The van der Waals surface area contributed by atoms with Gasteiger partial charge in [0.25, 0.3) is 0 Å². The third-order valence-electron chi connectivity index (χ3n) is 5.12. The minimum Gasteiger partial charge on any atom is -0.480 e. The van der Waals surface area contributed by atoms with E-state index in [-0.39, 0.29) is 25.5 Å². The van der Waals surface area contributed by atoms with Crippen LogP contribution < -0.4 is 21.3 Å². The average Bonchev–Trinajstić information content (AvgIpc) is 3.51. The van der Waals surface area contributed by atoms with Crippen LogP contribution in [-0.2, 0) is 25.8 Å². The molecule has 0 spiro atoms. The summed E-state index contributed by atoms with van der Waals surface area (Å²) in [6.07, 6.45) is 0.905. The lowest BCUT2D eigenvalue weighted by Crippen LogP contribution is -2.48. The van der Waals surface area contributed by atoms with Crippen molar-refractivity contribution < 1.29 is 29.1 Å². The van der Waals surface area contributed by atoms with Gasteiger partial charge in [0.2, 0.25) is 5.91 Å². The molecule has 5 N–H and O–H groups in total. The first-order valence-corrected chi connectivity index (χ1v) is 11.2. The second kappa shape index (κ2) is 13.0. The highest BCUT2D eigenvalue weighted by Gasteiger charge is 2.26. The summed E-state index contributed by atoms with van der Waals surface area (Å²) in [7, 11) is 0. The minimum atomic E-state index is -1.32. The van der Waals surface area contributed by atoms with Crippen LogP contribution in [0.5, 0.6) is 0 Å². The Kier molecular flexibility index (Phi) is 9.50. The molecule has 2 atom stereocenters. The normalized spacial score (nSPS) is 17.5. The zero-order valence-electron chi connectivity index (χ0n) is 18.8. The van der Waals surface area contributed by atoms with E-state index < -0.39 is 24.2 Å². The van der Waals surface area contributed by atoms with Crippen molar-refractivity contribution in [3.05, 3.63) is 35.9 Å². The molecule has 0 aliphatic carbocycles. The summed E-state index contributed by atoms with van der Waals surface area (Å²) < 4.78 is 5.03. The fraction of sp³-hybridized carbons (Fsp3) is 0.500. The Morgan fingerprint density at radius 3 is 2.82 bits per heavy atom. The SMILES string of the molecule is O=C(CC1CC(CCCNC2=NCCN2)=NO1)NCC(NC(=O)OCc1ccccc1)C(=O)O. The number of carbonyl (C=O) groups excluding carboxylic acids is 2. The Balaban J connectivity index is 1.29. The zero-order valence-corrected chi connectivity index (χ0v) is 18.8. The summed E-state index contributed by atoms with van der Waals surface area (Å²) in [5, 5.41) is 24.5. The summed E-state index contributed by atoms with van der Waals surface area (Å²) in [6, 6.07) is 7.67. The standard InChI is InChI=1S/C22H30N6O6/c29-19(12-17-11-16(28-34-17)7-4-8-23-21-24-9-10-25-21)26-13-18(20(30)31)27-22(32)33-14-15-5-2-1-3-6-15/h1-3,5-6,17-18H,4,7-14H2,(H,26,29)(H,27,32)(H,30,31)(H2,23,24,25). The van der Waals surface area contributed by atoms with Gasteiger partial charge < -0.3 is 35.9 Å². The number of hydrogen-bond acceptors (Lipinski definition) is 9. The highest BCUT2D eigenvalue weighted by molar-refractivity contribution is 5.87. The van der Waals surface area contributed by atoms with Gasteiger partial charge in [-0.2, -0.15) is 0 Å². The van der Waals surface area contributed by atoms with Crippen molar-refractivity contribution in [1.29, 1.82) is 0 Å². The highest BCUT2D eigenvalue weighted by Crippen LogP contribution is 2.16. The molecule has 0 bridgehead atoms. The van der Waals surface area contributed by atoms with Crippen molar-refractivity contribution in [2.45, 2.75) is 44.4 Å². The molecule has 3 rings (SSSR count). The number of carboxylic acids is 1. The average molecular weight is 475 g/mol. The lowest BCUT2D eigenvalue weighted by molar-refractivity contribution is -0.139. The van der Waals surface area contributed by atoms with Crippen LogP contribution in [0.25, 0.3) is 0 Å². The van der Waals surface area contributed by atoms with Gasteiger partial charge in [-0.15, -0.1) is 0 Å². The number of guanidine groups is 1. The first kappa shape index (κ1) is 24.8. The molecular formula is C22H30N6O6. The van der Waals surface area contributed by atoms with Crippen molar-refractivity contribution >= 4 is 29.6 Å². The maximum absolute atomic E-state index is 12.2. The van der Waals surface area contributed by atoms with Crippen LogP contribution in [0, 0.1) is 0 Å². The molecule has 34 heavy (non-hydrogen) atoms. The molecule has 2 amide bonds. The number of aliphatic imine (C=N–C) groups is 1. The van der Waals surface area contributed by atoms with Crippen molar-refractivity contribution in [3.8, 4) is 0 Å². The van der Waals surface area contributed by atoms with Crippen LogP contribution >= 0.6 is 0 Å². The van der Waals surface area contributed by atoms with Gasteiger partial charge in [0.05, 0.1) is 18.7 Å². The van der Waals surface area contributed by atoms with Crippen molar-refractivity contribution in [1.82, 2.24) is 21.3 Å². The fourth-order valence-corrected chi connectivity index (χ4v) is 3.36. The van der Waals surface area contributed by atoms with E-state index in [2.05, 4.69) is 31.4 Å². The minimum absolute atomic E-state index is 0.00836. The van der Waals surface area contributed by atoms with E-state index in [9.17, 15) is 19.5 Å². The molecular weight excluding hydrogens is 444 g/mol. The van der Waals surface area contributed by atoms with Crippen LogP contribution in [0.2, 0.25) is 0 Å². The van der Waals surface area contributed by atoms with E-state index in [0.717, 1.165) is 49.7 Å². The molecule has 2 aliphatic rings. The molecule has 2 unspecified atom stereocenters. The molecule has 0 aromatic heterocycles. The quantitative estimate of drug-likeness (QED) is 0.271. The molecule has 12 heteroatoms. The zero-order chi connectivity index (χ0) is 24.2. The Bertz CT molecular complexity index is 906. The fourth-order valence-electron chi connectivity index (χ4n) is 3.36. The first-order chi connectivity index (χ1) is 16.5. The lowest BCUT2D eigenvalue weighted by atomic mass is 10.1. The molecule has 184 valence electrons. The summed E-state index contributed by atoms with van der Waals surface area (Å²) in [5.41, 5.74) is 1.65. The van der Waals surface area contributed by atoms with E-state index in [0.29, 0.717) is 6.42 Å². The van der Waals surface area contributed by atoms with Crippen molar-refractivity contribution in [2.75, 3.05) is 26.2 Å². The number of hydrogen-bond donors (Lipinski definition) is 5. The Labute approximate surface area is 197 Å². The molecule has 1 aromatic rings. The van der Waals surface area contributed by atoms with Gasteiger partial charge in [0.1, 0.15) is 18.8 Å². The number of carbonyl (C=O) groups is 3. The van der Waals surface area contributed by atoms with Crippen LogP contribution in [-0.4, -0.2) is 73.1 Å². The number of carboxylic acid groups (broad SMARTS) is 1. The van der Waals surface area contributed by atoms with Gasteiger partial charge in [0, 0.05) is 26.1 Å². The van der Waals surface area contributed by atoms with Gasteiger partial charge >= 0.3 is 12.1 Å². The number of nitrogens with one attached hydrogen (secondary N) is 4. The first-order valence-electron chi connectivity index (χ1n) is 11.2. The Morgan fingerprint density at radius 1 is 1.26 bits per heavy atom. The van der Waals surface area contributed by atoms with E-state index in [4.69, 9.17) is 9.57 Å². The van der Waals surface area contributed by atoms with Crippen LogP contribution in [0.4, 0.5) is 4.79 Å². The van der Waals surface area contributed by atoms with E-state index >= 15 is 0 Å². The van der Waals surface area contributed by atoms with Gasteiger partial charge in [-0.1, -0.05) is 35.5 Å². The predicted molar refractivity (Wildman–Crippen MR) is 123 cm³/mol. The number of oxime groups is 1. The second-order valence-corrected chi connectivity index (χ2v) is 7.88. The molecule has 2 heterocycles. The summed E-state index contributed by atoms with van der Waals surface area (Å²) in [5.74, 6) is -0.857. The van der Waals surface area contributed by atoms with Gasteiger partial charge in [-0.25, -0.2) is 9.59 Å². The van der Waals surface area contributed by atoms with Crippen LogP contribution in [0.1, 0.15) is 31.2 Å². The molecule has 0 radical (unpaired) electrons. The summed E-state index contributed by atoms with van der Waals surface area (Å²) in [6.45, 7) is 2.13. The van der Waals surface area contributed by atoms with Crippen molar-refractivity contribution in [3.63, 3.8) is 0 Å². The van der Waals surface area contributed by atoms with Gasteiger partial charge in [-0.05, 0) is 18.4 Å². The van der Waals surface area contributed by atoms with Crippen LogP contribution in [0.15, 0.2) is 40.5 Å². The maximum Gasteiger partial charge on any atom is 0.408 e. The number of nitrogens with zero attached hydrogens (tertiary/aromatic N) is 2. The summed E-state index contributed by atoms with van der Waals surface area (Å²) >= 11 is 0. The van der Waals surface area contributed by atoms with Crippen LogP contribution in [0.3, 0.4) is 0 Å². The third-order valence-corrected chi connectivity index (χ3v) is 5.12. The largest absolute Gasteiger partial charge is 0.480 e. The molecule has 0 saturated heterocycles. The van der Waals surface area contributed by atoms with E-state index in [1.54, 1.807) is 24.3 Å². The second-order valence-electron chi connectivity index (χ2n) is 7.88. The molecule has 12 nitrogen and oxygen atoms in total. The summed E-state index contributed by atoms with van der Waals surface area (Å²) in [4.78, 5) is 45.2. The smallest absolute Gasteiger partial charge is 0.408 e. The number of alkyl carbamates (subject to hydrolysis) is 1. The Morgan fingerprint density at radius 2 is 2.09 bits per heavy atom. The third kappa shape index (κ3) is 8.60. The molecule has 0 fully saturated rings. The number of benzene rings is 1. The molecule has 2 aliphatic heterocycles. The highest BCUT2D eigenvalue weighted by atomic mass is 16.6. The maximum atomic E-state index is 12.2. The monoisotopic (exact) mass is 474 g/mol. The molecule has 0 saturated carbocycles. The van der Waals surface area contributed by atoms with E-state index in [1.165, 1.54) is 0 Å². The number of amides is 2. The number of rotatable bonds is 12. The Hall–Kier alpha value is -3.83. The van der Waals surface area contributed by atoms with Crippen molar-refractivity contribution in [2.24, 2.45) is 10.1 Å². The van der Waals surface area contributed by atoms with E-state index in [1.807, 2.05) is 6.07 Å². The van der Waals surface area contributed by atoms with Gasteiger partial charge in [0.15, 0.2) is 5.96 Å².